The van der Waals surface area contributed by atoms with E-state index >= 15 is 0 Å². The highest BCUT2D eigenvalue weighted by molar-refractivity contribution is 6.06. The van der Waals surface area contributed by atoms with Gasteiger partial charge in [0.15, 0.2) is 0 Å². The minimum absolute atomic E-state index is 0.173. The predicted molar refractivity (Wildman–Crippen MR) is 99.4 cm³/mol. The summed E-state index contributed by atoms with van der Waals surface area (Å²) in [5.74, 6) is 1.39. The Labute approximate surface area is 144 Å². The minimum atomic E-state index is -0.173. The third kappa shape index (κ3) is 2.94. The van der Waals surface area contributed by atoms with Crippen molar-refractivity contribution in [2.75, 3.05) is 7.11 Å². The number of nitrogens with one attached hydrogen (secondary N) is 1. The highest BCUT2D eigenvalue weighted by Crippen LogP contribution is 2.29. The van der Waals surface area contributed by atoms with Crippen LogP contribution in [0.4, 0.5) is 0 Å². The van der Waals surface area contributed by atoms with Crippen molar-refractivity contribution < 1.29 is 9.47 Å². The molecule has 1 heterocycles. The van der Waals surface area contributed by atoms with Crippen LogP contribution >= 0.6 is 0 Å². The SMILES string of the molecule is COc1ccc(COc2cc(=O)[nH]c3c2ccc2ccccc23)cc1. The summed E-state index contributed by atoms with van der Waals surface area (Å²) >= 11 is 0. The van der Waals surface area contributed by atoms with Crippen molar-refractivity contribution in [3.05, 3.63) is 82.6 Å². The highest BCUT2D eigenvalue weighted by atomic mass is 16.5. The lowest BCUT2D eigenvalue weighted by molar-refractivity contribution is 0.309. The molecule has 0 unspecified atom stereocenters. The van der Waals surface area contributed by atoms with Gasteiger partial charge in [0.25, 0.3) is 5.56 Å². The lowest BCUT2D eigenvalue weighted by atomic mass is 10.1. The van der Waals surface area contributed by atoms with Crippen LogP contribution in [0.2, 0.25) is 0 Å². The zero-order valence-electron chi connectivity index (χ0n) is 13.8. The van der Waals surface area contributed by atoms with Gasteiger partial charge in [-0.3, -0.25) is 4.79 Å². The Morgan fingerprint density at radius 2 is 1.72 bits per heavy atom. The van der Waals surface area contributed by atoms with E-state index in [2.05, 4.69) is 4.98 Å². The van der Waals surface area contributed by atoms with Crippen LogP contribution in [0.15, 0.2) is 71.5 Å². The van der Waals surface area contributed by atoms with Gasteiger partial charge >= 0.3 is 0 Å². The first-order chi connectivity index (χ1) is 12.2. The van der Waals surface area contributed by atoms with E-state index in [1.54, 1.807) is 7.11 Å². The summed E-state index contributed by atoms with van der Waals surface area (Å²) in [6.07, 6.45) is 0. The first-order valence-corrected chi connectivity index (χ1v) is 8.05. The molecule has 0 saturated carbocycles. The average Bonchev–Trinajstić information content (AvgIpc) is 2.66. The Kier molecular flexibility index (Phi) is 3.86. The number of hydrogen-bond acceptors (Lipinski definition) is 3. The van der Waals surface area contributed by atoms with E-state index < -0.39 is 0 Å². The highest BCUT2D eigenvalue weighted by Gasteiger charge is 2.08. The maximum absolute atomic E-state index is 12.1. The molecule has 0 atom stereocenters. The number of aromatic nitrogens is 1. The second kappa shape index (κ2) is 6.32. The maximum Gasteiger partial charge on any atom is 0.252 e. The molecule has 1 aromatic heterocycles. The third-order valence-electron chi connectivity index (χ3n) is 4.26. The Hall–Kier alpha value is -3.27. The van der Waals surface area contributed by atoms with Crippen molar-refractivity contribution in [2.45, 2.75) is 6.61 Å². The molecule has 0 bridgehead atoms. The zero-order valence-corrected chi connectivity index (χ0v) is 13.8. The van der Waals surface area contributed by atoms with Crippen molar-refractivity contribution in [1.29, 1.82) is 0 Å². The molecule has 4 aromatic rings. The summed E-state index contributed by atoms with van der Waals surface area (Å²) in [6.45, 7) is 0.384. The number of aromatic amines is 1. The fraction of sp³-hybridized carbons (Fsp3) is 0.0952. The van der Waals surface area contributed by atoms with Crippen molar-refractivity contribution in [3.63, 3.8) is 0 Å². The molecule has 0 fully saturated rings. The van der Waals surface area contributed by atoms with Crippen LogP contribution in [0.5, 0.6) is 11.5 Å². The van der Waals surface area contributed by atoms with E-state index in [-0.39, 0.29) is 5.56 Å². The van der Waals surface area contributed by atoms with Crippen molar-refractivity contribution >= 4 is 21.7 Å². The maximum atomic E-state index is 12.1. The van der Waals surface area contributed by atoms with E-state index in [1.807, 2.05) is 60.7 Å². The van der Waals surface area contributed by atoms with Gasteiger partial charge in [0, 0.05) is 16.8 Å². The van der Waals surface area contributed by atoms with Crippen molar-refractivity contribution in [1.82, 2.24) is 4.98 Å². The van der Waals surface area contributed by atoms with E-state index in [4.69, 9.17) is 9.47 Å². The summed E-state index contributed by atoms with van der Waals surface area (Å²) in [5.41, 5.74) is 1.64. The minimum Gasteiger partial charge on any atom is -0.497 e. The molecule has 4 nitrogen and oxygen atoms in total. The summed E-state index contributed by atoms with van der Waals surface area (Å²) < 4.78 is 11.1. The molecular weight excluding hydrogens is 314 g/mol. The Morgan fingerprint density at radius 1 is 0.920 bits per heavy atom. The molecule has 0 saturated heterocycles. The first kappa shape index (κ1) is 15.3. The van der Waals surface area contributed by atoms with Gasteiger partial charge in [-0.25, -0.2) is 0 Å². The zero-order chi connectivity index (χ0) is 17.2. The van der Waals surface area contributed by atoms with Crippen LogP contribution in [0.25, 0.3) is 21.7 Å². The molecule has 0 radical (unpaired) electrons. The molecule has 1 N–H and O–H groups in total. The van der Waals surface area contributed by atoms with Gasteiger partial charge < -0.3 is 14.5 Å². The van der Waals surface area contributed by atoms with E-state index in [0.717, 1.165) is 33.0 Å². The van der Waals surface area contributed by atoms with Gasteiger partial charge in [-0.15, -0.1) is 0 Å². The lowest BCUT2D eigenvalue weighted by Gasteiger charge is -2.11. The predicted octanol–water partition coefficient (Wildman–Crippen LogP) is 4.27. The van der Waals surface area contributed by atoms with E-state index in [9.17, 15) is 4.79 Å². The van der Waals surface area contributed by atoms with Gasteiger partial charge in [0.1, 0.15) is 18.1 Å². The fourth-order valence-corrected chi connectivity index (χ4v) is 2.97. The lowest BCUT2D eigenvalue weighted by Crippen LogP contribution is -2.07. The number of rotatable bonds is 4. The van der Waals surface area contributed by atoms with E-state index in [1.165, 1.54) is 6.07 Å². The van der Waals surface area contributed by atoms with Crippen LogP contribution in [0.1, 0.15) is 5.56 Å². The monoisotopic (exact) mass is 331 g/mol. The number of H-pyrrole nitrogens is 1. The van der Waals surface area contributed by atoms with Crippen LogP contribution < -0.4 is 15.0 Å². The van der Waals surface area contributed by atoms with Gasteiger partial charge in [0.2, 0.25) is 0 Å². The van der Waals surface area contributed by atoms with Crippen LogP contribution in [0.3, 0.4) is 0 Å². The standard InChI is InChI=1S/C21H17NO3/c1-24-16-9-6-14(7-10-16)13-25-19-12-20(23)22-21-17-5-3-2-4-15(17)8-11-18(19)21/h2-12H,13H2,1H3,(H,22,23). The molecule has 0 aliphatic rings. The van der Waals surface area contributed by atoms with Crippen molar-refractivity contribution in [2.24, 2.45) is 0 Å². The quantitative estimate of drug-likeness (QED) is 0.568. The molecule has 4 rings (SSSR count). The number of fused-ring (bicyclic) bond motifs is 3. The summed E-state index contributed by atoms with van der Waals surface area (Å²) in [4.78, 5) is 15.0. The first-order valence-electron chi connectivity index (χ1n) is 8.05. The molecule has 4 heteroatoms. The summed E-state index contributed by atoms with van der Waals surface area (Å²) in [6, 6.07) is 21.2. The third-order valence-corrected chi connectivity index (χ3v) is 4.26. The molecule has 25 heavy (non-hydrogen) atoms. The van der Waals surface area contributed by atoms with Crippen LogP contribution in [-0.4, -0.2) is 12.1 Å². The smallest absolute Gasteiger partial charge is 0.252 e. The molecule has 124 valence electrons. The summed E-state index contributed by atoms with van der Waals surface area (Å²) in [7, 11) is 1.64. The molecular formula is C21H17NO3. The van der Waals surface area contributed by atoms with Gasteiger partial charge in [0.05, 0.1) is 12.6 Å². The second-order valence-electron chi connectivity index (χ2n) is 5.84. The number of ether oxygens (including phenoxy) is 2. The molecule has 0 amide bonds. The molecule has 3 aromatic carbocycles. The Morgan fingerprint density at radius 3 is 2.52 bits per heavy atom. The van der Waals surface area contributed by atoms with E-state index in [0.29, 0.717) is 12.4 Å². The number of hydrogen-bond donors (Lipinski definition) is 1. The Bertz CT molecular complexity index is 1100. The van der Waals surface area contributed by atoms with Crippen LogP contribution in [-0.2, 0) is 6.61 Å². The van der Waals surface area contributed by atoms with Gasteiger partial charge in [-0.2, -0.15) is 0 Å². The molecule has 0 aliphatic heterocycles. The number of pyridine rings is 1. The van der Waals surface area contributed by atoms with Crippen molar-refractivity contribution in [3.8, 4) is 11.5 Å². The summed E-state index contributed by atoms with van der Waals surface area (Å²) in [5, 5.41) is 2.98. The second-order valence-corrected chi connectivity index (χ2v) is 5.84. The normalized spacial score (nSPS) is 10.9. The van der Waals surface area contributed by atoms with Crippen LogP contribution in [0, 0.1) is 0 Å². The largest absolute Gasteiger partial charge is 0.497 e. The average molecular weight is 331 g/mol. The number of benzene rings is 3. The number of methoxy groups -OCH3 is 1. The Balaban J connectivity index is 1.73. The molecule has 0 aliphatic carbocycles. The molecule has 0 spiro atoms. The van der Waals surface area contributed by atoms with Gasteiger partial charge in [-0.05, 0) is 29.1 Å². The fourth-order valence-electron chi connectivity index (χ4n) is 2.97. The van der Waals surface area contributed by atoms with Gasteiger partial charge in [-0.1, -0.05) is 42.5 Å². The topological polar surface area (TPSA) is 51.3 Å².